The number of furan rings is 1. The number of nitrogens with zero attached hydrogens (tertiary/aromatic N) is 2. The molecule has 0 aliphatic heterocycles. The highest BCUT2D eigenvalue weighted by atomic mass is 32.1. The number of hydrogen-bond donors (Lipinski definition) is 2. The summed E-state index contributed by atoms with van der Waals surface area (Å²) in [5.41, 5.74) is 2.03. The smallest absolute Gasteiger partial charge is 0.371 e. The first kappa shape index (κ1) is 12.3. The Balaban J connectivity index is 0.000000138. The summed E-state index contributed by atoms with van der Waals surface area (Å²) >= 11 is 4.16. The fraction of sp³-hybridized carbons (Fsp3) is 0. The van der Waals surface area contributed by atoms with Crippen molar-refractivity contribution in [3.05, 3.63) is 54.7 Å². The minimum Gasteiger partial charge on any atom is -0.475 e. The highest BCUT2D eigenvalue weighted by Gasteiger charge is 2.01. The van der Waals surface area contributed by atoms with E-state index in [9.17, 15) is 4.79 Å². The summed E-state index contributed by atoms with van der Waals surface area (Å²) in [7, 11) is 0. The van der Waals surface area contributed by atoms with Crippen molar-refractivity contribution in [1.29, 1.82) is 0 Å². The standard InChI is InChI=1S/C7H6N2S.C5H4O3/c10-9-5-8-6-3-1-2-4-7(6)9;6-5(7)4-2-1-3-8-4/h1-5,10H;1-3H,(H,6,7). The molecule has 0 spiro atoms. The van der Waals surface area contributed by atoms with Gasteiger partial charge in [-0.1, -0.05) is 24.9 Å². The largest absolute Gasteiger partial charge is 0.475 e. The van der Waals surface area contributed by atoms with Crippen molar-refractivity contribution in [3.63, 3.8) is 0 Å². The van der Waals surface area contributed by atoms with E-state index < -0.39 is 5.97 Å². The van der Waals surface area contributed by atoms with E-state index in [2.05, 4.69) is 22.2 Å². The summed E-state index contributed by atoms with van der Waals surface area (Å²) in [6.07, 6.45) is 3.01. The fourth-order valence-corrected chi connectivity index (χ4v) is 1.57. The molecule has 0 aliphatic rings. The lowest BCUT2D eigenvalue weighted by Gasteiger charge is -1.88. The van der Waals surface area contributed by atoms with Gasteiger partial charge in [-0.05, 0) is 24.3 Å². The van der Waals surface area contributed by atoms with Crippen molar-refractivity contribution in [2.24, 2.45) is 0 Å². The minimum absolute atomic E-state index is 0.0231. The van der Waals surface area contributed by atoms with Crippen molar-refractivity contribution < 1.29 is 14.3 Å². The van der Waals surface area contributed by atoms with E-state index in [4.69, 9.17) is 5.11 Å². The number of thiol groups is 1. The molecule has 2 aromatic heterocycles. The summed E-state index contributed by atoms with van der Waals surface area (Å²) in [5, 5.41) is 8.18. The van der Waals surface area contributed by atoms with Gasteiger partial charge in [-0.3, -0.25) is 3.97 Å². The van der Waals surface area contributed by atoms with Gasteiger partial charge in [0, 0.05) is 0 Å². The Hall–Kier alpha value is -2.21. The molecule has 0 bridgehead atoms. The van der Waals surface area contributed by atoms with Gasteiger partial charge in [0.1, 0.15) is 6.33 Å². The number of aromatic nitrogens is 2. The normalized spacial score (nSPS) is 9.83. The maximum absolute atomic E-state index is 9.97. The first-order valence-electron chi connectivity index (χ1n) is 5.06. The minimum atomic E-state index is -1.03. The van der Waals surface area contributed by atoms with E-state index in [1.54, 1.807) is 10.3 Å². The number of imidazole rings is 1. The number of carboxylic acid groups (broad SMARTS) is 1. The van der Waals surface area contributed by atoms with Gasteiger partial charge < -0.3 is 9.52 Å². The Morgan fingerprint density at radius 3 is 2.61 bits per heavy atom. The van der Waals surface area contributed by atoms with Gasteiger partial charge in [-0.2, -0.15) is 0 Å². The van der Waals surface area contributed by atoms with Gasteiger partial charge >= 0.3 is 5.97 Å². The SMILES string of the molecule is O=C(O)c1ccco1.Sn1cnc2ccccc21. The molecule has 6 heteroatoms. The van der Waals surface area contributed by atoms with Crippen molar-refractivity contribution in [2.75, 3.05) is 0 Å². The Morgan fingerprint density at radius 2 is 2.06 bits per heavy atom. The molecule has 1 aromatic carbocycles. The van der Waals surface area contributed by atoms with E-state index in [1.807, 2.05) is 24.3 Å². The second-order valence-electron chi connectivity index (χ2n) is 3.36. The Bertz CT molecular complexity index is 646. The van der Waals surface area contributed by atoms with Crippen molar-refractivity contribution in [3.8, 4) is 0 Å². The molecule has 18 heavy (non-hydrogen) atoms. The Morgan fingerprint density at radius 1 is 1.28 bits per heavy atom. The molecule has 3 aromatic rings. The molecule has 0 radical (unpaired) electrons. The number of para-hydroxylation sites is 2. The molecule has 92 valence electrons. The molecule has 0 unspecified atom stereocenters. The molecule has 2 heterocycles. The van der Waals surface area contributed by atoms with Crippen LogP contribution in [0.15, 0.2) is 53.4 Å². The van der Waals surface area contributed by atoms with Gasteiger partial charge in [0.15, 0.2) is 0 Å². The summed E-state index contributed by atoms with van der Waals surface area (Å²) in [6.45, 7) is 0. The van der Waals surface area contributed by atoms with Crippen LogP contribution in [-0.2, 0) is 0 Å². The number of carbonyl (C=O) groups is 1. The first-order valence-corrected chi connectivity index (χ1v) is 5.46. The fourth-order valence-electron chi connectivity index (χ4n) is 1.35. The van der Waals surface area contributed by atoms with Gasteiger partial charge in [-0.15, -0.1) is 0 Å². The van der Waals surface area contributed by atoms with E-state index in [0.29, 0.717) is 0 Å². The average Bonchev–Trinajstić information content (AvgIpc) is 3.01. The van der Waals surface area contributed by atoms with Crippen LogP contribution in [-0.4, -0.2) is 20.0 Å². The monoisotopic (exact) mass is 262 g/mol. The topological polar surface area (TPSA) is 68.3 Å². The lowest BCUT2D eigenvalue weighted by Crippen LogP contribution is -1.90. The first-order chi connectivity index (χ1) is 8.68. The molecule has 1 N–H and O–H groups in total. The lowest BCUT2D eigenvalue weighted by molar-refractivity contribution is 0.0662. The Labute approximate surface area is 108 Å². The van der Waals surface area contributed by atoms with Crippen LogP contribution in [0, 0.1) is 0 Å². The highest BCUT2D eigenvalue weighted by molar-refractivity contribution is 7.78. The predicted molar refractivity (Wildman–Crippen MR) is 69.8 cm³/mol. The van der Waals surface area contributed by atoms with Gasteiger partial charge in [0.2, 0.25) is 5.76 Å². The zero-order valence-corrected chi connectivity index (χ0v) is 10.1. The third-order valence-electron chi connectivity index (χ3n) is 2.17. The van der Waals surface area contributed by atoms with Crippen molar-refractivity contribution in [2.45, 2.75) is 0 Å². The summed E-state index contributed by atoms with van der Waals surface area (Å²) in [5.74, 6) is -1.06. The van der Waals surface area contributed by atoms with Crippen LogP contribution >= 0.6 is 12.8 Å². The van der Waals surface area contributed by atoms with E-state index in [1.165, 1.54) is 18.4 Å². The number of fused-ring (bicyclic) bond motifs is 1. The second kappa shape index (κ2) is 5.42. The molecular weight excluding hydrogens is 252 g/mol. The third kappa shape index (κ3) is 2.72. The highest BCUT2D eigenvalue weighted by Crippen LogP contribution is 2.11. The molecule has 0 fully saturated rings. The van der Waals surface area contributed by atoms with E-state index in [0.717, 1.165) is 11.0 Å². The van der Waals surface area contributed by atoms with Gasteiger partial charge in [0.05, 0.1) is 17.3 Å². The molecule has 0 aliphatic carbocycles. The van der Waals surface area contributed by atoms with Gasteiger partial charge in [0.25, 0.3) is 0 Å². The summed E-state index contributed by atoms with van der Waals surface area (Å²) in [4.78, 5) is 14.1. The number of benzene rings is 1. The summed E-state index contributed by atoms with van der Waals surface area (Å²) in [6, 6.07) is 10.8. The molecule has 0 saturated carbocycles. The molecule has 3 rings (SSSR count). The number of rotatable bonds is 1. The van der Waals surface area contributed by atoms with Crippen LogP contribution in [0.3, 0.4) is 0 Å². The third-order valence-corrected chi connectivity index (χ3v) is 2.49. The average molecular weight is 262 g/mol. The van der Waals surface area contributed by atoms with E-state index in [-0.39, 0.29) is 5.76 Å². The zero-order chi connectivity index (χ0) is 13.0. The molecule has 0 saturated heterocycles. The van der Waals surface area contributed by atoms with Crippen LogP contribution < -0.4 is 0 Å². The second-order valence-corrected chi connectivity index (χ2v) is 3.79. The van der Waals surface area contributed by atoms with Crippen LogP contribution in [0.25, 0.3) is 11.0 Å². The quantitative estimate of drug-likeness (QED) is 0.662. The molecule has 5 nitrogen and oxygen atoms in total. The summed E-state index contributed by atoms with van der Waals surface area (Å²) < 4.78 is 6.20. The van der Waals surface area contributed by atoms with Crippen molar-refractivity contribution in [1.82, 2.24) is 8.96 Å². The number of hydrogen-bond acceptors (Lipinski definition) is 4. The van der Waals surface area contributed by atoms with Crippen LogP contribution in [0.2, 0.25) is 0 Å². The molecule has 0 amide bonds. The zero-order valence-electron chi connectivity index (χ0n) is 9.22. The lowest BCUT2D eigenvalue weighted by atomic mass is 10.3. The maximum atomic E-state index is 9.97. The maximum Gasteiger partial charge on any atom is 0.371 e. The number of carboxylic acids is 1. The predicted octanol–water partition coefficient (Wildman–Crippen LogP) is 2.71. The molecular formula is C12H10N2O3S. The van der Waals surface area contributed by atoms with E-state index >= 15 is 0 Å². The number of aromatic carboxylic acids is 1. The van der Waals surface area contributed by atoms with Gasteiger partial charge in [-0.25, -0.2) is 9.78 Å². The van der Waals surface area contributed by atoms with Crippen LogP contribution in [0.1, 0.15) is 10.6 Å². The molecule has 0 atom stereocenters. The van der Waals surface area contributed by atoms with Crippen LogP contribution in [0.5, 0.6) is 0 Å². The Kier molecular flexibility index (Phi) is 3.69. The van der Waals surface area contributed by atoms with Crippen molar-refractivity contribution >= 4 is 29.8 Å². The van der Waals surface area contributed by atoms with Crippen LogP contribution in [0.4, 0.5) is 0 Å².